The van der Waals surface area contributed by atoms with Crippen molar-refractivity contribution in [2.24, 2.45) is 0 Å². The van der Waals surface area contributed by atoms with Crippen molar-refractivity contribution in [3.63, 3.8) is 0 Å². The van der Waals surface area contributed by atoms with E-state index in [1.807, 2.05) is 18.2 Å². The Balaban J connectivity index is 2.59. The lowest BCUT2D eigenvalue weighted by Gasteiger charge is -2.20. The van der Waals surface area contributed by atoms with Crippen molar-refractivity contribution in [2.45, 2.75) is 46.7 Å². The highest BCUT2D eigenvalue weighted by atomic mass is 16.1. The van der Waals surface area contributed by atoms with Crippen molar-refractivity contribution in [3.05, 3.63) is 29.8 Å². The summed E-state index contributed by atoms with van der Waals surface area (Å²) >= 11 is 0. The van der Waals surface area contributed by atoms with Gasteiger partial charge in [-0.3, -0.25) is 9.69 Å². The van der Waals surface area contributed by atoms with Crippen LogP contribution in [0.4, 0.5) is 5.69 Å². The number of carbonyl (C=O) groups excluding carboxylic acids is 1. The number of nitrogens with zero attached hydrogens (tertiary/aromatic N) is 1. The maximum atomic E-state index is 12.0. The number of hydrogen-bond acceptors (Lipinski definition) is 3. The topological polar surface area (TPSA) is 44.4 Å². The monoisotopic (exact) mass is 291 g/mol. The summed E-state index contributed by atoms with van der Waals surface area (Å²) in [6.45, 7) is 12.1. The Bertz CT molecular complexity index is 428. The van der Waals surface area contributed by atoms with Crippen LogP contribution >= 0.6 is 0 Å². The van der Waals surface area contributed by atoms with E-state index in [1.165, 1.54) is 5.56 Å². The molecule has 1 amide bonds. The minimum atomic E-state index is 0.0650. The first kappa shape index (κ1) is 17.7. The second-order valence-electron chi connectivity index (χ2n) is 5.53. The lowest BCUT2D eigenvalue weighted by molar-refractivity contribution is -0.116. The molecular weight excluding hydrogens is 262 g/mol. The van der Waals surface area contributed by atoms with Crippen LogP contribution in [0.15, 0.2) is 24.3 Å². The van der Waals surface area contributed by atoms with Crippen LogP contribution in [0.5, 0.6) is 0 Å². The molecule has 4 heteroatoms. The van der Waals surface area contributed by atoms with Gasteiger partial charge in [0.25, 0.3) is 0 Å². The Kier molecular flexibility index (Phi) is 8.01. The summed E-state index contributed by atoms with van der Waals surface area (Å²) in [5.74, 6) is 0.0650. The summed E-state index contributed by atoms with van der Waals surface area (Å²) in [6, 6.07) is 8.46. The zero-order chi connectivity index (χ0) is 15.7. The highest BCUT2D eigenvalue weighted by Crippen LogP contribution is 2.17. The molecule has 1 aromatic carbocycles. The Labute approximate surface area is 128 Å². The molecule has 2 N–H and O–H groups in total. The smallest absolute Gasteiger partial charge is 0.225 e. The fourth-order valence-electron chi connectivity index (χ4n) is 2.16. The van der Waals surface area contributed by atoms with Gasteiger partial charge >= 0.3 is 0 Å². The highest BCUT2D eigenvalue weighted by Gasteiger charge is 2.09. The summed E-state index contributed by atoms with van der Waals surface area (Å²) in [7, 11) is 0. The van der Waals surface area contributed by atoms with Gasteiger partial charge in [-0.1, -0.05) is 45.9 Å². The predicted molar refractivity (Wildman–Crippen MR) is 89.5 cm³/mol. The van der Waals surface area contributed by atoms with Gasteiger partial charge in [0.2, 0.25) is 5.91 Å². The largest absolute Gasteiger partial charge is 0.326 e. The van der Waals surface area contributed by atoms with E-state index in [1.54, 1.807) is 0 Å². The van der Waals surface area contributed by atoms with Gasteiger partial charge in [0, 0.05) is 31.2 Å². The standard InChI is InChI=1S/C17H29N3O/c1-5-20(6-2)13-15-9-7-8-10-16(15)19-17(21)11-12-18-14(3)4/h7-10,14,18H,5-6,11-13H2,1-4H3,(H,19,21). The highest BCUT2D eigenvalue weighted by molar-refractivity contribution is 5.91. The molecular formula is C17H29N3O. The van der Waals surface area contributed by atoms with Gasteiger partial charge in [0.15, 0.2) is 0 Å². The van der Waals surface area contributed by atoms with Crippen molar-refractivity contribution in [1.29, 1.82) is 0 Å². The van der Waals surface area contributed by atoms with Crippen molar-refractivity contribution in [3.8, 4) is 0 Å². The van der Waals surface area contributed by atoms with Gasteiger partial charge in [0.1, 0.15) is 0 Å². The number of hydrogen-bond donors (Lipinski definition) is 2. The molecule has 0 aliphatic heterocycles. The minimum Gasteiger partial charge on any atom is -0.326 e. The lowest BCUT2D eigenvalue weighted by Crippen LogP contribution is -2.27. The molecule has 0 fully saturated rings. The third-order valence-electron chi connectivity index (χ3n) is 3.48. The van der Waals surface area contributed by atoms with E-state index in [2.05, 4.69) is 49.3 Å². The van der Waals surface area contributed by atoms with Crippen molar-refractivity contribution >= 4 is 11.6 Å². The number of nitrogens with one attached hydrogen (secondary N) is 2. The molecule has 0 radical (unpaired) electrons. The predicted octanol–water partition coefficient (Wildman–Crippen LogP) is 2.86. The van der Waals surface area contributed by atoms with E-state index in [0.717, 1.165) is 25.3 Å². The summed E-state index contributed by atoms with van der Waals surface area (Å²) in [4.78, 5) is 14.3. The summed E-state index contributed by atoms with van der Waals surface area (Å²) in [5.41, 5.74) is 2.10. The maximum absolute atomic E-state index is 12.0. The first-order valence-corrected chi connectivity index (χ1v) is 7.90. The third kappa shape index (κ3) is 6.74. The normalized spacial score (nSPS) is 11.1. The van der Waals surface area contributed by atoms with Gasteiger partial charge in [0.05, 0.1) is 0 Å². The van der Waals surface area contributed by atoms with Gasteiger partial charge in [-0.05, 0) is 24.7 Å². The van der Waals surface area contributed by atoms with Crippen LogP contribution < -0.4 is 10.6 Å². The molecule has 0 aliphatic carbocycles. The molecule has 0 aromatic heterocycles. The fraction of sp³-hybridized carbons (Fsp3) is 0.588. The van der Waals surface area contributed by atoms with Crippen molar-refractivity contribution in [1.82, 2.24) is 10.2 Å². The lowest BCUT2D eigenvalue weighted by atomic mass is 10.1. The van der Waals surface area contributed by atoms with E-state index in [4.69, 9.17) is 0 Å². The van der Waals surface area contributed by atoms with Crippen LogP contribution in [-0.2, 0) is 11.3 Å². The Morgan fingerprint density at radius 1 is 1.19 bits per heavy atom. The van der Waals surface area contributed by atoms with Gasteiger partial charge < -0.3 is 10.6 Å². The molecule has 0 spiro atoms. The Hall–Kier alpha value is -1.39. The molecule has 0 atom stereocenters. The fourth-order valence-corrected chi connectivity index (χ4v) is 2.16. The first-order chi connectivity index (χ1) is 10.1. The summed E-state index contributed by atoms with van der Waals surface area (Å²) in [6.07, 6.45) is 0.498. The molecule has 21 heavy (non-hydrogen) atoms. The Morgan fingerprint density at radius 2 is 1.86 bits per heavy atom. The molecule has 0 saturated heterocycles. The number of anilines is 1. The molecule has 0 heterocycles. The number of rotatable bonds is 9. The molecule has 1 rings (SSSR count). The molecule has 0 aliphatic rings. The summed E-state index contributed by atoms with van der Waals surface area (Å²) < 4.78 is 0. The van der Waals surface area contributed by atoms with Crippen LogP contribution in [-0.4, -0.2) is 36.5 Å². The second kappa shape index (κ2) is 9.53. The quantitative estimate of drug-likeness (QED) is 0.735. The van der Waals surface area contributed by atoms with Gasteiger partial charge in [-0.2, -0.15) is 0 Å². The van der Waals surface area contributed by atoms with Crippen LogP contribution in [0.2, 0.25) is 0 Å². The first-order valence-electron chi connectivity index (χ1n) is 7.90. The van der Waals surface area contributed by atoms with E-state index in [9.17, 15) is 4.79 Å². The molecule has 0 bridgehead atoms. The zero-order valence-electron chi connectivity index (χ0n) is 13.8. The molecule has 118 valence electrons. The van der Waals surface area contributed by atoms with E-state index < -0.39 is 0 Å². The average molecular weight is 291 g/mol. The molecule has 1 aromatic rings. The minimum absolute atomic E-state index is 0.0650. The summed E-state index contributed by atoms with van der Waals surface area (Å²) in [5, 5.41) is 6.29. The molecule has 0 unspecified atom stereocenters. The van der Waals surface area contributed by atoms with Gasteiger partial charge in [-0.15, -0.1) is 0 Å². The van der Waals surface area contributed by atoms with Crippen LogP contribution in [0.3, 0.4) is 0 Å². The van der Waals surface area contributed by atoms with Crippen molar-refractivity contribution < 1.29 is 4.79 Å². The van der Waals surface area contributed by atoms with Gasteiger partial charge in [-0.25, -0.2) is 0 Å². The number of carbonyl (C=O) groups is 1. The van der Waals surface area contributed by atoms with Crippen molar-refractivity contribution in [2.75, 3.05) is 25.0 Å². The number of para-hydroxylation sites is 1. The van der Waals surface area contributed by atoms with E-state index in [0.29, 0.717) is 19.0 Å². The Morgan fingerprint density at radius 3 is 2.48 bits per heavy atom. The number of benzene rings is 1. The number of amides is 1. The van der Waals surface area contributed by atoms with Crippen LogP contribution in [0.25, 0.3) is 0 Å². The molecule has 0 saturated carbocycles. The molecule has 4 nitrogen and oxygen atoms in total. The SMILES string of the molecule is CCN(CC)Cc1ccccc1NC(=O)CCNC(C)C. The second-order valence-corrected chi connectivity index (χ2v) is 5.53. The maximum Gasteiger partial charge on any atom is 0.225 e. The van der Waals surface area contributed by atoms with E-state index in [-0.39, 0.29) is 5.91 Å². The van der Waals surface area contributed by atoms with Crippen LogP contribution in [0, 0.1) is 0 Å². The zero-order valence-corrected chi connectivity index (χ0v) is 13.8. The van der Waals surface area contributed by atoms with Crippen LogP contribution in [0.1, 0.15) is 39.7 Å². The third-order valence-corrected chi connectivity index (χ3v) is 3.48. The van der Waals surface area contributed by atoms with E-state index >= 15 is 0 Å². The average Bonchev–Trinajstić information content (AvgIpc) is 2.46.